The third kappa shape index (κ3) is 2.80. The average molecular weight is 334 g/mol. The number of aryl methyl sites for hydroxylation is 1. The van der Waals surface area contributed by atoms with Gasteiger partial charge >= 0.3 is 5.69 Å². The smallest absolute Gasteiger partial charge is 0.312 e. The predicted molar refractivity (Wildman–Crippen MR) is 82.2 cm³/mol. The highest BCUT2D eigenvalue weighted by atomic mass is 35.5. The highest BCUT2D eigenvalue weighted by Crippen LogP contribution is 2.26. The molecule has 0 radical (unpaired) electrons. The molecule has 0 atom stereocenters. The van der Waals surface area contributed by atoms with Crippen molar-refractivity contribution in [2.24, 2.45) is 0 Å². The molecule has 0 N–H and O–H groups in total. The van der Waals surface area contributed by atoms with E-state index in [1.807, 2.05) is 12.1 Å². The second kappa shape index (κ2) is 5.81. The largest absolute Gasteiger partial charge is 0.337 e. The van der Waals surface area contributed by atoms with Gasteiger partial charge in [0.25, 0.3) is 0 Å². The summed E-state index contributed by atoms with van der Waals surface area (Å²) in [5.41, 5.74) is 1.43. The predicted octanol–water partition coefficient (Wildman–Crippen LogP) is 3.16. The van der Waals surface area contributed by atoms with Crippen molar-refractivity contribution in [3.8, 4) is 11.4 Å². The molecule has 3 aromatic rings. The monoisotopic (exact) mass is 333 g/mol. The fourth-order valence-electron chi connectivity index (χ4n) is 2.30. The Hall–Kier alpha value is -2.74. The number of hydrogen-bond acceptors (Lipinski definition) is 6. The summed E-state index contributed by atoms with van der Waals surface area (Å²) < 4.78 is 6.66. The first kappa shape index (κ1) is 15.2. The summed E-state index contributed by atoms with van der Waals surface area (Å²) in [6.07, 6.45) is 0. The zero-order valence-corrected chi connectivity index (χ0v) is 13.1. The molecule has 2 heterocycles. The van der Waals surface area contributed by atoms with E-state index < -0.39 is 4.92 Å². The molecule has 0 bridgehead atoms. The first-order chi connectivity index (χ1) is 11.0. The molecule has 0 aliphatic carbocycles. The van der Waals surface area contributed by atoms with Gasteiger partial charge in [-0.25, -0.2) is 0 Å². The number of hydrogen-bond donors (Lipinski definition) is 0. The third-order valence-electron chi connectivity index (χ3n) is 3.39. The summed E-state index contributed by atoms with van der Waals surface area (Å²) >= 11 is 6.10. The standard InChI is InChI=1S/C14H12ClN5O3/c1-8-13(20(21)22)9(2)19(17-8)7-12-16-14(18-23-12)10-5-3-4-6-11(10)15/h3-6H,7H2,1-2H3. The Morgan fingerprint density at radius 3 is 2.74 bits per heavy atom. The number of nitrogens with zero attached hydrogens (tertiary/aromatic N) is 5. The number of nitro groups is 1. The topological polar surface area (TPSA) is 99.9 Å². The summed E-state index contributed by atoms with van der Waals surface area (Å²) in [7, 11) is 0. The van der Waals surface area contributed by atoms with Crippen LogP contribution in [0, 0.1) is 24.0 Å². The van der Waals surface area contributed by atoms with Gasteiger partial charge in [-0.15, -0.1) is 0 Å². The highest BCUT2D eigenvalue weighted by molar-refractivity contribution is 6.33. The van der Waals surface area contributed by atoms with E-state index in [9.17, 15) is 10.1 Å². The van der Waals surface area contributed by atoms with Crippen molar-refractivity contribution >= 4 is 17.3 Å². The van der Waals surface area contributed by atoms with Gasteiger partial charge in [-0.05, 0) is 26.0 Å². The molecule has 2 aromatic heterocycles. The van der Waals surface area contributed by atoms with Crippen molar-refractivity contribution in [2.75, 3.05) is 0 Å². The van der Waals surface area contributed by atoms with Gasteiger partial charge in [0.2, 0.25) is 11.7 Å². The van der Waals surface area contributed by atoms with Gasteiger partial charge in [0.15, 0.2) is 0 Å². The molecule has 0 saturated carbocycles. The van der Waals surface area contributed by atoms with Crippen LogP contribution in [-0.4, -0.2) is 24.8 Å². The molecule has 0 fully saturated rings. The molecular weight excluding hydrogens is 322 g/mol. The van der Waals surface area contributed by atoms with Crippen LogP contribution in [-0.2, 0) is 6.54 Å². The van der Waals surface area contributed by atoms with Crippen LogP contribution in [0.15, 0.2) is 28.8 Å². The van der Waals surface area contributed by atoms with Crippen molar-refractivity contribution in [1.82, 2.24) is 19.9 Å². The van der Waals surface area contributed by atoms with E-state index >= 15 is 0 Å². The third-order valence-corrected chi connectivity index (χ3v) is 3.72. The second-order valence-corrected chi connectivity index (χ2v) is 5.33. The molecule has 23 heavy (non-hydrogen) atoms. The first-order valence-electron chi connectivity index (χ1n) is 6.73. The van der Waals surface area contributed by atoms with Gasteiger partial charge in [0.1, 0.15) is 17.9 Å². The van der Waals surface area contributed by atoms with Crippen molar-refractivity contribution < 1.29 is 9.45 Å². The molecule has 1 aromatic carbocycles. The maximum Gasteiger partial charge on any atom is 0.312 e. The van der Waals surface area contributed by atoms with Crippen LogP contribution in [0.4, 0.5) is 5.69 Å². The van der Waals surface area contributed by atoms with E-state index in [1.54, 1.807) is 26.0 Å². The van der Waals surface area contributed by atoms with E-state index in [0.29, 0.717) is 33.7 Å². The summed E-state index contributed by atoms with van der Waals surface area (Å²) in [5.74, 6) is 0.655. The lowest BCUT2D eigenvalue weighted by Crippen LogP contribution is -2.04. The van der Waals surface area contributed by atoms with Crippen molar-refractivity contribution in [1.29, 1.82) is 0 Å². The van der Waals surface area contributed by atoms with Gasteiger partial charge in [0.05, 0.1) is 9.95 Å². The molecule has 3 rings (SSSR count). The Morgan fingerprint density at radius 1 is 1.35 bits per heavy atom. The van der Waals surface area contributed by atoms with Crippen molar-refractivity contribution in [2.45, 2.75) is 20.4 Å². The van der Waals surface area contributed by atoms with Crippen LogP contribution in [0.1, 0.15) is 17.3 Å². The Bertz CT molecular complexity index is 886. The molecule has 0 saturated heterocycles. The fourth-order valence-corrected chi connectivity index (χ4v) is 2.53. The van der Waals surface area contributed by atoms with Crippen LogP contribution in [0.25, 0.3) is 11.4 Å². The van der Waals surface area contributed by atoms with Gasteiger partial charge in [-0.3, -0.25) is 14.8 Å². The highest BCUT2D eigenvalue weighted by Gasteiger charge is 2.23. The van der Waals surface area contributed by atoms with E-state index in [-0.39, 0.29) is 12.2 Å². The molecule has 0 spiro atoms. The lowest BCUT2D eigenvalue weighted by molar-refractivity contribution is -0.386. The van der Waals surface area contributed by atoms with Gasteiger partial charge < -0.3 is 4.52 Å². The van der Waals surface area contributed by atoms with Gasteiger partial charge in [-0.2, -0.15) is 10.1 Å². The Morgan fingerprint density at radius 2 is 2.09 bits per heavy atom. The first-order valence-corrected chi connectivity index (χ1v) is 7.11. The zero-order valence-electron chi connectivity index (χ0n) is 12.4. The van der Waals surface area contributed by atoms with Crippen LogP contribution in [0.2, 0.25) is 5.02 Å². The average Bonchev–Trinajstić information content (AvgIpc) is 3.05. The van der Waals surface area contributed by atoms with E-state index in [4.69, 9.17) is 16.1 Å². The second-order valence-electron chi connectivity index (χ2n) is 4.93. The van der Waals surface area contributed by atoms with E-state index in [0.717, 1.165) is 0 Å². The lowest BCUT2D eigenvalue weighted by atomic mass is 10.2. The Balaban J connectivity index is 1.90. The lowest BCUT2D eigenvalue weighted by Gasteiger charge is -1.98. The molecule has 0 aliphatic rings. The summed E-state index contributed by atoms with van der Waals surface area (Å²) in [6, 6.07) is 7.14. The number of rotatable bonds is 4. The molecule has 9 heteroatoms. The number of halogens is 1. The summed E-state index contributed by atoms with van der Waals surface area (Å²) in [5, 5.41) is 19.6. The quantitative estimate of drug-likeness (QED) is 0.537. The van der Waals surface area contributed by atoms with Gasteiger partial charge in [-0.1, -0.05) is 28.9 Å². The zero-order chi connectivity index (χ0) is 16.6. The minimum absolute atomic E-state index is 0.00385. The molecule has 0 unspecified atom stereocenters. The van der Waals surface area contributed by atoms with Crippen molar-refractivity contribution in [3.05, 3.63) is 56.7 Å². The van der Waals surface area contributed by atoms with Crippen LogP contribution in [0.3, 0.4) is 0 Å². The number of aromatic nitrogens is 4. The van der Waals surface area contributed by atoms with Crippen molar-refractivity contribution in [3.63, 3.8) is 0 Å². The Kier molecular flexibility index (Phi) is 3.83. The molecule has 0 amide bonds. The van der Waals surface area contributed by atoms with E-state index in [1.165, 1.54) is 4.68 Å². The summed E-state index contributed by atoms with van der Waals surface area (Å²) in [4.78, 5) is 14.8. The van der Waals surface area contributed by atoms with Crippen LogP contribution >= 0.6 is 11.6 Å². The van der Waals surface area contributed by atoms with Crippen LogP contribution in [0.5, 0.6) is 0 Å². The molecule has 118 valence electrons. The molecular formula is C14H12ClN5O3. The minimum atomic E-state index is -0.447. The van der Waals surface area contributed by atoms with Crippen LogP contribution < -0.4 is 0 Å². The number of benzene rings is 1. The van der Waals surface area contributed by atoms with E-state index in [2.05, 4.69) is 15.2 Å². The minimum Gasteiger partial charge on any atom is -0.337 e. The SMILES string of the molecule is Cc1nn(Cc2nc(-c3ccccc3Cl)no2)c(C)c1[N+](=O)[O-]. The maximum absolute atomic E-state index is 11.0. The van der Waals surface area contributed by atoms with Gasteiger partial charge in [0, 0.05) is 5.56 Å². The summed E-state index contributed by atoms with van der Waals surface area (Å²) in [6.45, 7) is 3.37. The Labute approximate surface area is 135 Å². The normalized spacial score (nSPS) is 10.9. The fraction of sp³-hybridized carbons (Fsp3) is 0.214. The molecule has 0 aliphatic heterocycles. The maximum atomic E-state index is 11.0. The molecule has 8 nitrogen and oxygen atoms in total.